The smallest absolute Gasteiger partial charge is 0.150 e. The molecule has 1 aromatic rings. The maximum absolute atomic E-state index is 4.67. The molecule has 4 saturated carbocycles. The van der Waals surface area contributed by atoms with Crippen molar-refractivity contribution in [3.05, 3.63) is 11.8 Å². The van der Waals surface area contributed by atoms with Gasteiger partial charge in [-0.05, 0) is 56.3 Å². The van der Waals surface area contributed by atoms with Gasteiger partial charge in [0.15, 0.2) is 5.82 Å². The molecule has 114 valence electrons. The Bertz CT molecular complexity index is 493. The second-order valence-corrected chi connectivity index (χ2v) is 8.07. The van der Waals surface area contributed by atoms with Gasteiger partial charge in [0.05, 0.1) is 0 Å². The summed E-state index contributed by atoms with van der Waals surface area (Å²) in [6, 6.07) is 2.39. The van der Waals surface area contributed by atoms with Gasteiger partial charge in [0.1, 0.15) is 0 Å². The van der Waals surface area contributed by atoms with E-state index in [1.807, 2.05) is 0 Å². The van der Waals surface area contributed by atoms with E-state index in [0.29, 0.717) is 5.41 Å². The molecule has 1 saturated heterocycles. The Morgan fingerprint density at radius 3 is 2.24 bits per heavy atom. The molecule has 5 aliphatic rings. The summed E-state index contributed by atoms with van der Waals surface area (Å²) in [7, 11) is 0. The molecule has 1 aromatic heterocycles. The quantitative estimate of drug-likeness (QED) is 0.876. The molecule has 21 heavy (non-hydrogen) atoms. The average Bonchev–Trinajstić information content (AvgIpc) is 2.97. The molecule has 4 heteroatoms. The fraction of sp³-hybridized carbons (Fsp3) is 0.824. The monoisotopic (exact) mass is 286 g/mol. The molecule has 4 bridgehead atoms. The molecule has 0 amide bonds. The first kappa shape index (κ1) is 12.5. The lowest BCUT2D eigenvalue weighted by atomic mass is 9.49. The highest BCUT2D eigenvalue weighted by molar-refractivity contribution is 5.42. The molecule has 0 atom stereocenters. The predicted molar refractivity (Wildman–Crippen MR) is 83.5 cm³/mol. The Kier molecular flexibility index (Phi) is 2.67. The minimum atomic E-state index is 0.452. The molecule has 6 rings (SSSR count). The van der Waals surface area contributed by atoms with Crippen molar-refractivity contribution in [3.8, 4) is 0 Å². The third-order valence-corrected chi connectivity index (χ3v) is 6.61. The number of nitrogens with zero attached hydrogens (tertiary/aromatic N) is 2. The van der Waals surface area contributed by atoms with Gasteiger partial charge in [-0.3, -0.25) is 5.10 Å². The number of hydrogen-bond acceptors (Lipinski definition) is 3. The van der Waals surface area contributed by atoms with Gasteiger partial charge >= 0.3 is 0 Å². The SMILES string of the molecule is c1c(N2CCNCC2)n[nH]c1C12CC3CC(CC(C3)C1)C2. The van der Waals surface area contributed by atoms with E-state index in [2.05, 4.69) is 26.5 Å². The Morgan fingerprint density at radius 2 is 1.62 bits per heavy atom. The van der Waals surface area contributed by atoms with Crippen molar-refractivity contribution in [1.29, 1.82) is 0 Å². The van der Waals surface area contributed by atoms with Gasteiger partial charge in [-0.15, -0.1) is 0 Å². The summed E-state index contributed by atoms with van der Waals surface area (Å²) in [5.41, 5.74) is 1.91. The molecule has 4 aliphatic carbocycles. The van der Waals surface area contributed by atoms with Gasteiger partial charge in [0.25, 0.3) is 0 Å². The van der Waals surface area contributed by atoms with Crippen LogP contribution in [-0.2, 0) is 5.41 Å². The number of rotatable bonds is 2. The third kappa shape index (κ3) is 1.95. The first-order valence-corrected chi connectivity index (χ1v) is 8.82. The van der Waals surface area contributed by atoms with Crippen LogP contribution in [0.15, 0.2) is 6.07 Å². The highest BCUT2D eigenvalue weighted by atomic mass is 15.3. The van der Waals surface area contributed by atoms with Crippen LogP contribution in [0.4, 0.5) is 5.82 Å². The largest absolute Gasteiger partial charge is 0.353 e. The summed E-state index contributed by atoms with van der Waals surface area (Å²) in [5.74, 6) is 4.19. The first-order chi connectivity index (χ1) is 10.3. The van der Waals surface area contributed by atoms with E-state index in [9.17, 15) is 0 Å². The van der Waals surface area contributed by atoms with Crippen molar-refractivity contribution in [2.45, 2.75) is 43.9 Å². The van der Waals surface area contributed by atoms with E-state index in [0.717, 1.165) is 43.9 Å². The molecule has 0 aromatic carbocycles. The molecule has 1 aliphatic heterocycles. The number of nitrogens with one attached hydrogen (secondary N) is 2. The maximum atomic E-state index is 4.67. The van der Waals surface area contributed by atoms with Crippen molar-refractivity contribution in [1.82, 2.24) is 15.5 Å². The molecule has 2 heterocycles. The highest BCUT2D eigenvalue weighted by Crippen LogP contribution is 2.60. The fourth-order valence-corrected chi connectivity index (χ4v) is 6.08. The van der Waals surface area contributed by atoms with Gasteiger partial charge in [-0.1, -0.05) is 0 Å². The van der Waals surface area contributed by atoms with Crippen LogP contribution < -0.4 is 10.2 Å². The molecular weight excluding hydrogens is 260 g/mol. The van der Waals surface area contributed by atoms with Crippen LogP contribution in [0.3, 0.4) is 0 Å². The number of anilines is 1. The summed E-state index contributed by atoms with van der Waals surface area (Å²) in [4.78, 5) is 2.43. The number of piperazine rings is 1. The van der Waals surface area contributed by atoms with Gasteiger partial charge in [-0.2, -0.15) is 5.10 Å². The van der Waals surface area contributed by atoms with E-state index in [4.69, 9.17) is 0 Å². The van der Waals surface area contributed by atoms with E-state index in [-0.39, 0.29) is 0 Å². The summed E-state index contributed by atoms with van der Waals surface area (Å²) in [6.07, 6.45) is 8.79. The second kappa shape index (κ2) is 4.48. The standard InChI is InChI=1S/C17H26N4/c1-3-21(4-2-18-1)16-8-15(19-20-16)17-9-12-5-13(10-17)7-14(6-12)11-17/h8,12-14,18H,1-7,9-11H2,(H,19,20). The number of aromatic amines is 1. The number of aromatic nitrogens is 2. The predicted octanol–water partition coefficient (Wildman–Crippen LogP) is 2.29. The van der Waals surface area contributed by atoms with Crippen molar-refractivity contribution >= 4 is 5.82 Å². The lowest BCUT2D eigenvalue weighted by Gasteiger charge is -2.56. The van der Waals surface area contributed by atoms with Gasteiger partial charge in [-0.25, -0.2) is 0 Å². The van der Waals surface area contributed by atoms with E-state index >= 15 is 0 Å². The lowest BCUT2D eigenvalue weighted by molar-refractivity contribution is -0.00721. The van der Waals surface area contributed by atoms with Crippen LogP contribution >= 0.6 is 0 Å². The zero-order chi connectivity index (χ0) is 13.9. The zero-order valence-corrected chi connectivity index (χ0v) is 12.8. The van der Waals surface area contributed by atoms with Crippen LogP contribution in [-0.4, -0.2) is 36.4 Å². The Morgan fingerprint density at radius 1 is 1.00 bits per heavy atom. The van der Waals surface area contributed by atoms with Gasteiger partial charge in [0.2, 0.25) is 0 Å². The van der Waals surface area contributed by atoms with E-state index < -0.39 is 0 Å². The highest BCUT2D eigenvalue weighted by Gasteiger charge is 2.52. The molecule has 0 unspecified atom stereocenters. The molecular formula is C17H26N4. The van der Waals surface area contributed by atoms with Gasteiger partial charge < -0.3 is 10.2 Å². The van der Waals surface area contributed by atoms with Crippen molar-refractivity contribution in [3.63, 3.8) is 0 Å². The number of H-pyrrole nitrogens is 1. The van der Waals surface area contributed by atoms with Gasteiger partial charge in [0, 0.05) is 43.4 Å². The summed E-state index contributed by atoms with van der Waals surface area (Å²) < 4.78 is 0. The Labute approximate surface area is 126 Å². The minimum Gasteiger partial charge on any atom is -0.353 e. The Hall–Kier alpha value is -1.03. The lowest BCUT2D eigenvalue weighted by Crippen LogP contribution is -2.48. The summed E-state index contributed by atoms with van der Waals surface area (Å²) in [6.45, 7) is 4.34. The normalized spacial score (nSPS) is 41.7. The fourth-order valence-electron chi connectivity index (χ4n) is 6.08. The molecule has 4 nitrogen and oxygen atoms in total. The summed E-state index contributed by atoms with van der Waals surface area (Å²) >= 11 is 0. The topological polar surface area (TPSA) is 44.0 Å². The van der Waals surface area contributed by atoms with E-state index in [1.54, 1.807) is 0 Å². The van der Waals surface area contributed by atoms with Crippen LogP contribution in [0.25, 0.3) is 0 Å². The summed E-state index contributed by atoms with van der Waals surface area (Å²) in [5, 5.41) is 11.5. The minimum absolute atomic E-state index is 0.452. The number of hydrogen-bond donors (Lipinski definition) is 2. The van der Waals surface area contributed by atoms with Crippen molar-refractivity contribution in [2.24, 2.45) is 17.8 Å². The van der Waals surface area contributed by atoms with Crippen LogP contribution in [0.1, 0.15) is 44.2 Å². The maximum Gasteiger partial charge on any atom is 0.150 e. The Balaban J connectivity index is 1.44. The third-order valence-electron chi connectivity index (χ3n) is 6.61. The van der Waals surface area contributed by atoms with Crippen LogP contribution in [0.5, 0.6) is 0 Å². The average molecular weight is 286 g/mol. The van der Waals surface area contributed by atoms with Crippen molar-refractivity contribution in [2.75, 3.05) is 31.1 Å². The van der Waals surface area contributed by atoms with Crippen molar-refractivity contribution < 1.29 is 0 Å². The molecule has 0 spiro atoms. The second-order valence-electron chi connectivity index (χ2n) is 8.07. The zero-order valence-electron chi connectivity index (χ0n) is 12.8. The molecule has 2 N–H and O–H groups in total. The molecule has 5 fully saturated rings. The first-order valence-electron chi connectivity index (χ1n) is 8.82. The van der Waals surface area contributed by atoms with Crippen LogP contribution in [0, 0.1) is 17.8 Å². The van der Waals surface area contributed by atoms with E-state index in [1.165, 1.54) is 50.0 Å². The molecule has 0 radical (unpaired) electrons. The van der Waals surface area contributed by atoms with Crippen LogP contribution in [0.2, 0.25) is 0 Å².